The number of carboxylic acid groups (broad SMARTS) is 1. The summed E-state index contributed by atoms with van der Waals surface area (Å²) in [7, 11) is 1.85. The maximum Gasteiger partial charge on any atom is 0.307 e. The number of benzene rings is 1. The van der Waals surface area contributed by atoms with E-state index in [1.807, 2.05) is 19.2 Å². The number of carboxylic acids is 1. The number of hydrogen-bond donors (Lipinski definition) is 1. The average molecular weight is 274 g/mol. The number of rotatable bonds is 4. The van der Waals surface area contributed by atoms with Crippen molar-refractivity contribution in [3.63, 3.8) is 0 Å². The third-order valence-corrected chi connectivity index (χ3v) is 5.53. The van der Waals surface area contributed by atoms with Gasteiger partial charge >= 0.3 is 5.97 Å². The van der Waals surface area contributed by atoms with Gasteiger partial charge < -0.3 is 9.84 Å². The van der Waals surface area contributed by atoms with Gasteiger partial charge in [-0.25, -0.2) is 0 Å². The topological polar surface area (TPSA) is 46.5 Å². The third kappa shape index (κ3) is 2.24. The van der Waals surface area contributed by atoms with Gasteiger partial charge in [0.25, 0.3) is 0 Å². The highest BCUT2D eigenvalue weighted by Gasteiger charge is 2.49. The number of ether oxygens (including phenoxy) is 1. The molecule has 4 rings (SSSR count). The lowest BCUT2D eigenvalue weighted by atomic mass is 9.56. The van der Waals surface area contributed by atoms with Crippen molar-refractivity contribution < 1.29 is 14.6 Å². The lowest BCUT2D eigenvalue weighted by molar-refractivity contribution is -0.136. The highest BCUT2D eigenvalue weighted by atomic mass is 16.5. The summed E-state index contributed by atoms with van der Waals surface area (Å²) in [4.78, 5) is 10.7. The van der Waals surface area contributed by atoms with E-state index in [0.717, 1.165) is 24.8 Å². The minimum atomic E-state index is -0.767. The maximum absolute atomic E-state index is 10.7. The van der Waals surface area contributed by atoms with Crippen LogP contribution in [-0.2, 0) is 21.4 Å². The van der Waals surface area contributed by atoms with E-state index in [4.69, 9.17) is 9.84 Å². The zero-order valence-corrected chi connectivity index (χ0v) is 12.0. The van der Waals surface area contributed by atoms with Gasteiger partial charge in [-0.3, -0.25) is 4.79 Å². The Labute approximate surface area is 120 Å². The standard InChI is InChI=1S/C17H22O3/c1-20-17-9-6-16(7-10-17,8-11-17)14-4-2-13(3-5-14)12-15(18)19/h2-5H,6-12H2,1H3,(H,18,19). The van der Waals surface area contributed by atoms with Gasteiger partial charge in [0.05, 0.1) is 12.0 Å². The number of hydrogen-bond acceptors (Lipinski definition) is 2. The molecule has 1 aromatic carbocycles. The highest BCUT2D eigenvalue weighted by Crippen LogP contribution is 2.54. The van der Waals surface area contributed by atoms with E-state index >= 15 is 0 Å². The second-order valence-electron chi connectivity index (χ2n) is 6.43. The summed E-state index contributed by atoms with van der Waals surface area (Å²) in [6, 6.07) is 8.24. The van der Waals surface area contributed by atoms with Gasteiger partial charge in [-0.1, -0.05) is 24.3 Å². The Bertz CT molecular complexity index is 479. The first-order valence-electron chi connectivity index (χ1n) is 7.44. The summed E-state index contributed by atoms with van der Waals surface area (Å²) >= 11 is 0. The first-order chi connectivity index (χ1) is 9.57. The van der Waals surface area contributed by atoms with Crippen LogP contribution in [0.25, 0.3) is 0 Å². The zero-order chi connectivity index (χ0) is 14.2. The van der Waals surface area contributed by atoms with E-state index in [1.54, 1.807) is 0 Å². The fourth-order valence-corrected chi connectivity index (χ4v) is 4.04. The molecule has 1 N–H and O–H groups in total. The molecule has 0 aromatic heterocycles. The van der Waals surface area contributed by atoms with E-state index in [0.29, 0.717) is 5.41 Å². The molecule has 3 saturated carbocycles. The quantitative estimate of drug-likeness (QED) is 0.916. The largest absolute Gasteiger partial charge is 0.481 e. The first-order valence-corrected chi connectivity index (χ1v) is 7.44. The van der Waals surface area contributed by atoms with E-state index in [9.17, 15) is 4.79 Å². The van der Waals surface area contributed by atoms with Gasteiger partial charge in [-0.15, -0.1) is 0 Å². The van der Waals surface area contributed by atoms with Crippen molar-refractivity contribution in [3.8, 4) is 0 Å². The Kier molecular flexibility index (Phi) is 3.33. The molecule has 0 saturated heterocycles. The summed E-state index contributed by atoms with van der Waals surface area (Å²) in [6.45, 7) is 0. The van der Waals surface area contributed by atoms with Crippen LogP contribution >= 0.6 is 0 Å². The fraction of sp³-hybridized carbons (Fsp3) is 0.588. The zero-order valence-electron chi connectivity index (χ0n) is 12.0. The van der Waals surface area contributed by atoms with Gasteiger partial charge in [-0.2, -0.15) is 0 Å². The molecule has 0 unspecified atom stereocenters. The molecular weight excluding hydrogens is 252 g/mol. The Morgan fingerprint density at radius 1 is 1.10 bits per heavy atom. The summed E-state index contributed by atoms with van der Waals surface area (Å²) in [6.07, 6.45) is 7.15. The van der Waals surface area contributed by atoms with Crippen LogP contribution in [0.4, 0.5) is 0 Å². The Balaban J connectivity index is 1.78. The van der Waals surface area contributed by atoms with Crippen molar-refractivity contribution >= 4 is 5.97 Å². The SMILES string of the molecule is COC12CCC(c3ccc(CC(=O)O)cc3)(CC1)CC2. The van der Waals surface area contributed by atoms with Gasteiger partial charge in [0, 0.05) is 7.11 Å². The normalized spacial score (nSPS) is 32.2. The predicted octanol–water partition coefficient (Wildman–Crippen LogP) is 3.30. The Hall–Kier alpha value is -1.35. The lowest BCUT2D eigenvalue weighted by Crippen LogP contribution is -2.49. The Morgan fingerprint density at radius 2 is 1.65 bits per heavy atom. The molecule has 2 bridgehead atoms. The molecule has 0 amide bonds. The molecule has 0 atom stereocenters. The molecule has 3 aliphatic carbocycles. The fourth-order valence-electron chi connectivity index (χ4n) is 4.04. The van der Waals surface area contributed by atoms with E-state index < -0.39 is 5.97 Å². The smallest absolute Gasteiger partial charge is 0.307 e. The van der Waals surface area contributed by atoms with Gasteiger partial charge in [0.15, 0.2) is 0 Å². The molecule has 3 fully saturated rings. The summed E-state index contributed by atoms with van der Waals surface area (Å²) in [5.41, 5.74) is 2.72. The van der Waals surface area contributed by atoms with Gasteiger partial charge in [-0.05, 0) is 55.1 Å². The number of methoxy groups -OCH3 is 1. The van der Waals surface area contributed by atoms with Crippen LogP contribution in [0, 0.1) is 0 Å². The molecule has 20 heavy (non-hydrogen) atoms. The average Bonchev–Trinajstić information content (AvgIpc) is 2.49. The van der Waals surface area contributed by atoms with Crippen LogP contribution in [0.5, 0.6) is 0 Å². The second kappa shape index (κ2) is 4.88. The van der Waals surface area contributed by atoms with Crippen LogP contribution in [-0.4, -0.2) is 23.8 Å². The number of aliphatic carboxylic acids is 1. The Morgan fingerprint density at radius 3 is 2.10 bits per heavy atom. The van der Waals surface area contributed by atoms with E-state index in [2.05, 4.69) is 12.1 Å². The summed E-state index contributed by atoms with van der Waals surface area (Å²) in [5, 5.41) is 8.83. The van der Waals surface area contributed by atoms with Crippen molar-refractivity contribution in [3.05, 3.63) is 35.4 Å². The molecule has 3 heteroatoms. The monoisotopic (exact) mass is 274 g/mol. The molecule has 3 aliphatic rings. The van der Waals surface area contributed by atoms with Crippen molar-refractivity contribution in [1.82, 2.24) is 0 Å². The molecule has 1 aromatic rings. The molecule has 3 nitrogen and oxygen atoms in total. The summed E-state index contributed by atoms with van der Waals surface area (Å²) < 4.78 is 5.74. The molecule has 0 radical (unpaired) electrons. The molecule has 0 aliphatic heterocycles. The van der Waals surface area contributed by atoms with Crippen molar-refractivity contribution in [2.75, 3.05) is 7.11 Å². The van der Waals surface area contributed by atoms with Crippen molar-refractivity contribution in [1.29, 1.82) is 0 Å². The predicted molar refractivity (Wildman–Crippen MR) is 76.9 cm³/mol. The molecule has 0 spiro atoms. The minimum Gasteiger partial charge on any atom is -0.481 e. The molecule has 108 valence electrons. The van der Waals surface area contributed by atoms with Crippen LogP contribution in [0.2, 0.25) is 0 Å². The maximum atomic E-state index is 10.7. The second-order valence-corrected chi connectivity index (χ2v) is 6.43. The van der Waals surface area contributed by atoms with Crippen LogP contribution in [0.1, 0.15) is 49.7 Å². The van der Waals surface area contributed by atoms with Crippen molar-refractivity contribution in [2.24, 2.45) is 0 Å². The molecular formula is C17H22O3. The lowest BCUT2D eigenvalue weighted by Gasteiger charge is -2.53. The third-order valence-electron chi connectivity index (χ3n) is 5.53. The number of carbonyl (C=O) groups is 1. The van der Waals surface area contributed by atoms with Crippen LogP contribution in [0.3, 0.4) is 0 Å². The molecule has 0 heterocycles. The summed E-state index contributed by atoms with van der Waals surface area (Å²) in [5.74, 6) is -0.767. The highest BCUT2D eigenvalue weighted by molar-refractivity contribution is 5.70. The van der Waals surface area contributed by atoms with Gasteiger partial charge in [0.1, 0.15) is 0 Å². The first kappa shape index (κ1) is 13.6. The van der Waals surface area contributed by atoms with E-state index in [1.165, 1.54) is 24.8 Å². The number of fused-ring (bicyclic) bond motifs is 3. The van der Waals surface area contributed by atoms with Crippen LogP contribution in [0.15, 0.2) is 24.3 Å². The van der Waals surface area contributed by atoms with Gasteiger partial charge in [0.2, 0.25) is 0 Å². The van der Waals surface area contributed by atoms with Crippen molar-refractivity contribution in [2.45, 2.75) is 56.0 Å². The minimum absolute atomic E-state index is 0.111. The van der Waals surface area contributed by atoms with E-state index in [-0.39, 0.29) is 12.0 Å². The van der Waals surface area contributed by atoms with Crippen LogP contribution < -0.4 is 0 Å².